The summed E-state index contributed by atoms with van der Waals surface area (Å²) in [5, 5.41) is 3.47. The molecule has 4 nitrogen and oxygen atoms in total. The van der Waals surface area contributed by atoms with E-state index in [1.165, 1.54) is 0 Å². The molecule has 1 rings (SSSR count). The van der Waals surface area contributed by atoms with Crippen molar-refractivity contribution in [2.45, 2.75) is 52.7 Å². The Kier molecular flexibility index (Phi) is 6.09. The first-order valence-corrected chi connectivity index (χ1v) is 7.06. The van der Waals surface area contributed by atoms with Crippen LogP contribution in [0.5, 0.6) is 0 Å². The van der Waals surface area contributed by atoms with Gasteiger partial charge in [-0.05, 0) is 18.3 Å². The first-order chi connectivity index (χ1) is 8.51. The van der Waals surface area contributed by atoms with E-state index in [0.29, 0.717) is 18.4 Å². The van der Waals surface area contributed by atoms with Gasteiger partial charge in [0.05, 0.1) is 18.8 Å². The lowest BCUT2D eigenvalue weighted by molar-refractivity contribution is -0.131. The molecular formula is C14H28N2O2. The lowest BCUT2D eigenvalue weighted by Crippen LogP contribution is -2.43. The molecule has 1 aliphatic heterocycles. The van der Waals surface area contributed by atoms with Crippen molar-refractivity contribution in [3.8, 4) is 0 Å². The molecule has 0 aromatic heterocycles. The van der Waals surface area contributed by atoms with Gasteiger partial charge in [-0.25, -0.2) is 0 Å². The normalized spacial score (nSPS) is 26.1. The van der Waals surface area contributed by atoms with Crippen molar-refractivity contribution in [1.82, 2.24) is 10.2 Å². The topological polar surface area (TPSA) is 41.6 Å². The van der Waals surface area contributed by atoms with Crippen molar-refractivity contribution in [2.24, 2.45) is 11.8 Å². The molecule has 1 aliphatic rings. The molecule has 0 radical (unpaired) electrons. The molecule has 1 amide bonds. The van der Waals surface area contributed by atoms with Crippen LogP contribution in [0, 0.1) is 11.8 Å². The van der Waals surface area contributed by atoms with Crippen LogP contribution >= 0.6 is 0 Å². The zero-order valence-corrected chi connectivity index (χ0v) is 12.4. The van der Waals surface area contributed by atoms with E-state index in [0.717, 1.165) is 19.4 Å². The number of rotatable bonds is 7. The minimum absolute atomic E-state index is 0.0112. The summed E-state index contributed by atoms with van der Waals surface area (Å²) in [4.78, 5) is 14.4. The smallest absolute Gasteiger partial charge is 0.241 e. The van der Waals surface area contributed by atoms with E-state index in [-0.39, 0.29) is 18.1 Å². The lowest BCUT2D eigenvalue weighted by atomic mass is 10.1. The Labute approximate surface area is 111 Å². The van der Waals surface area contributed by atoms with Gasteiger partial charge in [0.15, 0.2) is 0 Å². The Hall–Kier alpha value is -0.610. The van der Waals surface area contributed by atoms with E-state index < -0.39 is 0 Å². The van der Waals surface area contributed by atoms with E-state index in [9.17, 15) is 4.79 Å². The number of nitrogens with zero attached hydrogens (tertiary/aromatic N) is 1. The quantitative estimate of drug-likeness (QED) is 0.756. The van der Waals surface area contributed by atoms with Gasteiger partial charge in [-0.3, -0.25) is 10.1 Å². The Morgan fingerprint density at radius 1 is 1.39 bits per heavy atom. The first-order valence-electron chi connectivity index (χ1n) is 7.06. The zero-order valence-electron chi connectivity index (χ0n) is 12.4. The Morgan fingerprint density at radius 2 is 2.06 bits per heavy atom. The van der Waals surface area contributed by atoms with Crippen LogP contribution in [-0.4, -0.2) is 43.3 Å². The van der Waals surface area contributed by atoms with Gasteiger partial charge in [-0.1, -0.05) is 34.1 Å². The van der Waals surface area contributed by atoms with Crippen LogP contribution in [0.1, 0.15) is 40.5 Å². The molecule has 1 fully saturated rings. The molecule has 4 heteroatoms. The molecule has 18 heavy (non-hydrogen) atoms. The minimum atomic E-state index is 0.0112. The largest absolute Gasteiger partial charge is 0.384 e. The number of ether oxygens (including phenoxy) is 1. The summed E-state index contributed by atoms with van der Waals surface area (Å²) in [6.45, 7) is 10.0. The summed E-state index contributed by atoms with van der Waals surface area (Å²) in [6, 6.07) is 0.0112. The van der Waals surface area contributed by atoms with Crippen molar-refractivity contribution in [1.29, 1.82) is 0 Å². The number of amides is 1. The van der Waals surface area contributed by atoms with E-state index in [1.807, 2.05) is 4.90 Å². The molecular weight excluding hydrogens is 228 g/mol. The third kappa shape index (κ3) is 3.69. The number of nitrogens with one attached hydrogen (secondary N) is 1. The van der Waals surface area contributed by atoms with Crippen LogP contribution in [0.25, 0.3) is 0 Å². The number of hydrogen-bond donors (Lipinski definition) is 1. The molecule has 0 bridgehead atoms. The third-order valence-corrected chi connectivity index (χ3v) is 3.46. The fraction of sp³-hybridized carbons (Fsp3) is 0.929. The van der Waals surface area contributed by atoms with E-state index in [1.54, 1.807) is 7.11 Å². The monoisotopic (exact) mass is 256 g/mol. The third-order valence-electron chi connectivity index (χ3n) is 3.46. The standard InChI is InChI=1S/C14H28N2O2/c1-6-7-12-14(17)16(8-11(4)9-18-5)13(15-12)10(2)3/h10-13,15H,6-9H2,1-5H3. The van der Waals surface area contributed by atoms with Crippen LogP contribution in [-0.2, 0) is 9.53 Å². The lowest BCUT2D eigenvalue weighted by Gasteiger charge is -2.29. The average Bonchev–Trinajstić information content (AvgIpc) is 2.59. The summed E-state index contributed by atoms with van der Waals surface area (Å²) in [7, 11) is 1.71. The highest BCUT2D eigenvalue weighted by atomic mass is 16.5. The zero-order chi connectivity index (χ0) is 13.7. The van der Waals surface area contributed by atoms with Gasteiger partial charge in [0.2, 0.25) is 5.91 Å². The van der Waals surface area contributed by atoms with Crippen molar-refractivity contribution >= 4 is 5.91 Å². The Bertz CT molecular complexity index is 269. The molecule has 0 spiro atoms. The van der Waals surface area contributed by atoms with Gasteiger partial charge in [0.25, 0.3) is 0 Å². The Balaban J connectivity index is 2.68. The van der Waals surface area contributed by atoms with Gasteiger partial charge in [-0.15, -0.1) is 0 Å². The predicted octanol–water partition coefficient (Wildman–Crippen LogP) is 1.85. The molecule has 3 atom stereocenters. The van der Waals surface area contributed by atoms with E-state index in [2.05, 4.69) is 33.0 Å². The average molecular weight is 256 g/mol. The summed E-state index contributed by atoms with van der Waals surface area (Å²) < 4.78 is 5.16. The van der Waals surface area contributed by atoms with E-state index >= 15 is 0 Å². The maximum absolute atomic E-state index is 12.4. The number of carbonyl (C=O) groups excluding carboxylic acids is 1. The van der Waals surface area contributed by atoms with Gasteiger partial charge in [-0.2, -0.15) is 0 Å². The molecule has 106 valence electrons. The molecule has 0 saturated carbocycles. The molecule has 1 N–H and O–H groups in total. The van der Waals surface area contributed by atoms with Gasteiger partial charge in [0.1, 0.15) is 0 Å². The van der Waals surface area contributed by atoms with Crippen molar-refractivity contribution in [3.05, 3.63) is 0 Å². The van der Waals surface area contributed by atoms with Gasteiger partial charge in [0, 0.05) is 13.7 Å². The van der Waals surface area contributed by atoms with E-state index in [4.69, 9.17) is 4.74 Å². The number of carbonyl (C=O) groups is 1. The fourth-order valence-electron chi connectivity index (χ4n) is 2.63. The van der Waals surface area contributed by atoms with Crippen molar-refractivity contribution in [2.75, 3.05) is 20.3 Å². The second-order valence-electron chi connectivity index (χ2n) is 5.75. The van der Waals surface area contributed by atoms with Crippen LogP contribution in [0.2, 0.25) is 0 Å². The SMILES string of the molecule is CCCC1NC(C(C)C)N(CC(C)COC)C1=O. The summed E-state index contributed by atoms with van der Waals surface area (Å²) in [6.07, 6.45) is 2.14. The fourth-order valence-corrected chi connectivity index (χ4v) is 2.63. The van der Waals surface area contributed by atoms with Crippen molar-refractivity contribution in [3.63, 3.8) is 0 Å². The molecule has 0 aromatic carbocycles. The highest BCUT2D eigenvalue weighted by Crippen LogP contribution is 2.21. The summed E-state index contributed by atoms with van der Waals surface area (Å²) in [5.41, 5.74) is 0. The second kappa shape index (κ2) is 7.10. The Morgan fingerprint density at radius 3 is 2.56 bits per heavy atom. The molecule has 1 heterocycles. The molecule has 0 aromatic rings. The maximum Gasteiger partial charge on any atom is 0.241 e. The number of hydrogen-bond acceptors (Lipinski definition) is 3. The first kappa shape index (κ1) is 15.4. The maximum atomic E-state index is 12.4. The van der Waals surface area contributed by atoms with Gasteiger partial charge < -0.3 is 9.64 Å². The van der Waals surface area contributed by atoms with Crippen LogP contribution in [0.4, 0.5) is 0 Å². The second-order valence-corrected chi connectivity index (χ2v) is 5.75. The van der Waals surface area contributed by atoms with Crippen LogP contribution in [0.15, 0.2) is 0 Å². The van der Waals surface area contributed by atoms with Gasteiger partial charge >= 0.3 is 0 Å². The van der Waals surface area contributed by atoms with Crippen LogP contribution in [0.3, 0.4) is 0 Å². The highest BCUT2D eigenvalue weighted by molar-refractivity contribution is 5.84. The summed E-state index contributed by atoms with van der Waals surface area (Å²) in [5.74, 6) is 1.08. The molecule has 1 saturated heterocycles. The highest BCUT2D eigenvalue weighted by Gasteiger charge is 2.39. The minimum Gasteiger partial charge on any atom is -0.384 e. The predicted molar refractivity (Wildman–Crippen MR) is 73.2 cm³/mol. The number of methoxy groups -OCH3 is 1. The molecule has 3 unspecified atom stereocenters. The van der Waals surface area contributed by atoms with Crippen LogP contribution < -0.4 is 5.32 Å². The van der Waals surface area contributed by atoms with Crippen molar-refractivity contribution < 1.29 is 9.53 Å². The summed E-state index contributed by atoms with van der Waals surface area (Å²) >= 11 is 0. The molecule has 0 aliphatic carbocycles.